The zero-order valence-electron chi connectivity index (χ0n) is 21.5. The van der Waals surface area contributed by atoms with Gasteiger partial charge in [0.1, 0.15) is 21.4 Å². The van der Waals surface area contributed by atoms with Crippen LogP contribution in [0.15, 0.2) is 34.9 Å². The largest absolute Gasteiger partial charge is 0.478 e. The first-order valence-electron chi connectivity index (χ1n) is 11.9. The number of nitrogens with zero attached hydrogens (tertiary/aromatic N) is 6. The summed E-state index contributed by atoms with van der Waals surface area (Å²) >= 11 is 8.41. The first kappa shape index (κ1) is 28.3. The summed E-state index contributed by atoms with van der Waals surface area (Å²) in [5.41, 5.74) is 13.5. The van der Waals surface area contributed by atoms with Crippen molar-refractivity contribution >= 4 is 86.6 Å². The van der Waals surface area contributed by atoms with Crippen LogP contribution in [0.2, 0.25) is 4.34 Å². The van der Waals surface area contributed by atoms with Gasteiger partial charge in [0.25, 0.3) is 11.8 Å². The second-order valence-electron chi connectivity index (χ2n) is 9.08. The van der Waals surface area contributed by atoms with E-state index in [1.165, 1.54) is 23.6 Å². The highest BCUT2D eigenvalue weighted by Crippen LogP contribution is 2.39. The number of nitrogens with two attached hydrogens (primary N) is 2. The summed E-state index contributed by atoms with van der Waals surface area (Å²) in [6.07, 6.45) is 2.89. The number of oxime groups is 1. The highest BCUT2D eigenvalue weighted by Gasteiger charge is 2.53. The van der Waals surface area contributed by atoms with Crippen LogP contribution in [0.25, 0.3) is 11.0 Å². The molecule has 3 aromatic heterocycles. The Morgan fingerprint density at radius 1 is 1.41 bits per heavy atom. The van der Waals surface area contributed by atoms with Crippen LogP contribution in [0.3, 0.4) is 0 Å². The Bertz CT molecular complexity index is 1670. The predicted octanol–water partition coefficient (Wildman–Crippen LogP) is -0.118. The van der Waals surface area contributed by atoms with E-state index in [9.17, 15) is 19.2 Å². The molecule has 214 valence electrons. The van der Waals surface area contributed by atoms with Gasteiger partial charge >= 0.3 is 5.97 Å². The molecule has 1 saturated heterocycles. The van der Waals surface area contributed by atoms with Crippen molar-refractivity contribution in [3.8, 4) is 0 Å². The molecule has 6 N–H and O–H groups in total. The number of amides is 2. The molecule has 3 aromatic rings. The lowest BCUT2D eigenvalue weighted by Gasteiger charge is -2.49. The maximum atomic E-state index is 13.2. The molecule has 0 spiro atoms. The lowest BCUT2D eigenvalue weighted by molar-refractivity contribution is -0.687. The first-order chi connectivity index (χ1) is 19.5. The summed E-state index contributed by atoms with van der Waals surface area (Å²) < 4.78 is 3.63. The predicted molar refractivity (Wildman–Crippen MR) is 150 cm³/mol. The van der Waals surface area contributed by atoms with Gasteiger partial charge in [-0.15, -0.1) is 11.8 Å². The summed E-state index contributed by atoms with van der Waals surface area (Å²) in [6, 6.07) is 0.864. The molecule has 2 aliphatic heterocycles. The van der Waals surface area contributed by atoms with Crippen molar-refractivity contribution in [2.45, 2.75) is 31.0 Å². The number of thioether (sulfide) groups is 1. The number of hydrogen-bond acceptors (Lipinski definition) is 12. The highest BCUT2D eigenvalue weighted by molar-refractivity contribution is 8.00. The molecule has 5 heterocycles. The highest BCUT2D eigenvalue weighted by atomic mass is 35.5. The van der Waals surface area contributed by atoms with E-state index < -0.39 is 41.0 Å². The number of thiazole rings is 1. The number of nitrogens with one attached hydrogen (secondary N) is 1. The molecular weight excluding hydrogens is 598 g/mol. The van der Waals surface area contributed by atoms with E-state index in [4.69, 9.17) is 33.0 Å². The van der Waals surface area contributed by atoms with Crippen LogP contribution in [0.5, 0.6) is 0 Å². The van der Waals surface area contributed by atoms with Crippen LogP contribution in [0.4, 0.5) is 11.1 Å². The van der Waals surface area contributed by atoms with Crippen molar-refractivity contribution in [1.82, 2.24) is 24.8 Å². The van der Waals surface area contributed by atoms with Gasteiger partial charge in [0, 0.05) is 24.4 Å². The molecule has 2 amide bonds. The van der Waals surface area contributed by atoms with Gasteiger partial charge in [-0.2, -0.15) is 4.57 Å². The number of aliphatic carboxylic acids is 1. The molecule has 3 atom stereocenters. The molecule has 0 aromatic carbocycles. The molecule has 15 nitrogen and oxygen atoms in total. The Morgan fingerprint density at radius 3 is 2.83 bits per heavy atom. The van der Waals surface area contributed by atoms with Crippen molar-refractivity contribution in [2.24, 2.45) is 12.2 Å². The SMILES string of the molecule is C[C@H](O/N=C(\C(=O)NC1C(=O)N2C(C=O)=C(C[n+]3ccc4c(c3)nc(N)n4C)CSC12)c1nc(N)sc1Cl)C(=O)O. The van der Waals surface area contributed by atoms with Gasteiger partial charge in [0.2, 0.25) is 12.1 Å². The van der Waals surface area contributed by atoms with Gasteiger partial charge in [-0.05, 0) is 6.92 Å². The van der Waals surface area contributed by atoms with Crippen molar-refractivity contribution in [3.05, 3.63) is 39.8 Å². The van der Waals surface area contributed by atoms with Gasteiger partial charge in [-0.3, -0.25) is 19.3 Å². The number of carboxylic acids is 1. The number of carboxylic acid groups (broad SMARTS) is 1. The number of rotatable bonds is 9. The number of carbonyl (C=O) groups excluding carboxylic acids is 3. The van der Waals surface area contributed by atoms with Crippen LogP contribution in [-0.2, 0) is 37.6 Å². The van der Waals surface area contributed by atoms with Crippen molar-refractivity contribution in [2.75, 3.05) is 17.2 Å². The second-order valence-corrected chi connectivity index (χ2v) is 11.8. The third kappa shape index (κ3) is 5.18. The van der Waals surface area contributed by atoms with Gasteiger partial charge < -0.3 is 31.3 Å². The van der Waals surface area contributed by atoms with Crippen molar-refractivity contribution in [1.29, 1.82) is 0 Å². The Morgan fingerprint density at radius 2 is 2.17 bits per heavy atom. The number of anilines is 2. The minimum absolute atomic E-state index is 0.0245. The molecule has 5 rings (SSSR count). The normalized spacial score (nSPS) is 19.5. The minimum atomic E-state index is -1.38. The molecule has 2 aliphatic rings. The average Bonchev–Trinajstić information content (AvgIpc) is 3.42. The number of allylic oxidation sites excluding steroid dienone is 1. The molecule has 0 bridgehead atoms. The quantitative estimate of drug-likeness (QED) is 0.0814. The first-order valence-corrected chi connectivity index (χ1v) is 14.2. The fourth-order valence-corrected chi connectivity index (χ4v) is 6.57. The van der Waals surface area contributed by atoms with Gasteiger partial charge in [0.15, 0.2) is 41.6 Å². The number of halogens is 1. The molecule has 1 fully saturated rings. The Balaban J connectivity index is 1.35. The third-order valence-electron chi connectivity index (χ3n) is 6.47. The zero-order valence-corrected chi connectivity index (χ0v) is 23.9. The van der Waals surface area contributed by atoms with Crippen LogP contribution in [0, 0.1) is 0 Å². The zero-order chi connectivity index (χ0) is 29.6. The number of fused-ring (bicyclic) bond motifs is 2. The number of imidazole rings is 1. The van der Waals surface area contributed by atoms with E-state index in [1.807, 2.05) is 30.1 Å². The number of β-lactam (4-membered cyclic amide) rings is 1. The lowest BCUT2D eigenvalue weighted by Crippen LogP contribution is -2.70. The monoisotopic (exact) mass is 620 g/mol. The number of nitrogen functional groups attached to an aromatic ring is 2. The molecule has 2 unspecified atom stereocenters. The topological polar surface area (TPSA) is 212 Å². The summed E-state index contributed by atoms with van der Waals surface area (Å²) in [5, 5.41) is 14.8. The molecule has 18 heteroatoms. The fourth-order valence-electron chi connectivity index (χ4n) is 4.29. The van der Waals surface area contributed by atoms with Crippen LogP contribution in [0.1, 0.15) is 12.6 Å². The summed E-state index contributed by atoms with van der Waals surface area (Å²) in [4.78, 5) is 64.2. The summed E-state index contributed by atoms with van der Waals surface area (Å²) in [6.45, 7) is 1.55. The summed E-state index contributed by atoms with van der Waals surface area (Å²) in [7, 11) is 1.81. The fraction of sp³-hybridized carbons (Fsp3) is 0.304. The standard InChI is InChI=1S/C23H22ClN9O6S2/c1-9(21(37)38)39-30-15(14-17(24)41-23(26)29-14)18(35)28-16-19(36)33-13(7-34)10(8-40-20(16)33)5-32-4-3-12-11(6-32)27-22(25)31(12)2/h3-4,6-7,9,16,20H,5,8H2,1-2H3,(H5-,25,26,27,28,29,35,37,38)/p+1/b30-15-/t9-,16?,20?/m0/s1. The van der Waals surface area contributed by atoms with Crippen molar-refractivity contribution in [3.63, 3.8) is 0 Å². The minimum Gasteiger partial charge on any atom is -0.478 e. The number of aromatic nitrogens is 4. The smallest absolute Gasteiger partial charge is 0.347 e. The van der Waals surface area contributed by atoms with Crippen LogP contribution >= 0.6 is 34.7 Å². The van der Waals surface area contributed by atoms with Gasteiger partial charge in [-0.25, -0.2) is 14.8 Å². The Labute approximate surface area is 244 Å². The number of carbonyl (C=O) groups is 4. The van der Waals surface area contributed by atoms with Crippen LogP contribution < -0.4 is 21.4 Å². The van der Waals surface area contributed by atoms with E-state index in [0.29, 0.717) is 30.0 Å². The molecule has 0 aliphatic carbocycles. The van der Waals surface area contributed by atoms with Gasteiger partial charge in [-0.1, -0.05) is 28.1 Å². The number of aryl methyl sites for hydroxylation is 1. The maximum Gasteiger partial charge on any atom is 0.347 e. The average molecular weight is 621 g/mol. The summed E-state index contributed by atoms with van der Waals surface area (Å²) in [5.74, 6) is -1.91. The van der Waals surface area contributed by atoms with E-state index in [-0.39, 0.29) is 20.9 Å². The molecule has 0 saturated carbocycles. The molecule has 41 heavy (non-hydrogen) atoms. The Kier molecular flexibility index (Phi) is 7.58. The molecular formula is C23H23ClN9O6S2+. The second kappa shape index (κ2) is 11.0. The van der Waals surface area contributed by atoms with Crippen LogP contribution in [-0.4, -0.2) is 77.6 Å². The van der Waals surface area contributed by atoms with E-state index in [2.05, 4.69) is 20.4 Å². The lowest BCUT2D eigenvalue weighted by atomic mass is 10.0. The Hall–Kier alpha value is -4.22. The maximum absolute atomic E-state index is 13.2. The van der Waals surface area contributed by atoms with E-state index in [0.717, 1.165) is 22.4 Å². The van der Waals surface area contributed by atoms with E-state index >= 15 is 0 Å². The number of aldehydes is 1. The van der Waals surface area contributed by atoms with Gasteiger partial charge in [0.05, 0.1) is 11.2 Å². The number of pyridine rings is 1. The molecule has 0 radical (unpaired) electrons. The third-order valence-corrected chi connectivity index (χ3v) is 8.89. The number of hydrogen-bond donors (Lipinski definition) is 4. The van der Waals surface area contributed by atoms with E-state index in [1.54, 1.807) is 4.57 Å². The van der Waals surface area contributed by atoms with Crippen molar-refractivity contribution < 1.29 is 33.7 Å².